The fourth-order valence-corrected chi connectivity index (χ4v) is 6.00. The van der Waals surface area contributed by atoms with Gasteiger partial charge in [-0.2, -0.15) is 0 Å². The van der Waals surface area contributed by atoms with Crippen molar-refractivity contribution in [3.8, 4) is 22.5 Å². The molecule has 3 aromatic carbocycles. The number of hydrogen-bond acceptors (Lipinski definition) is 6. The molecular formula is C34H34N4O2S2. The zero-order valence-electron chi connectivity index (χ0n) is 24.2. The van der Waals surface area contributed by atoms with Crippen LogP contribution < -0.4 is 10.6 Å². The minimum absolute atomic E-state index is 0.266. The number of nitrogens with one attached hydrogen (secondary N) is 2. The minimum Gasteiger partial charge on any atom is -0.298 e. The monoisotopic (exact) mass is 594 g/mol. The predicted octanol–water partition coefficient (Wildman–Crippen LogP) is 9.47. The third-order valence-corrected chi connectivity index (χ3v) is 9.16. The van der Waals surface area contributed by atoms with E-state index < -0.39 is 11.8 Å². The Morgan fingerprint density at radius 1 is 0.643 bits per heavy atom. The van der Waals surface area contributed by atoms with Gasteiger partial charge in [-0.05, 0) is 47.9 Å². The molecule has 0 radical (unpaired) electrons. The van der Waals surface area contributed by atoms with Crippen molar-refractivity contribution in [3.63, 3.8) is 0 Å². The summed E-state index contributed by atoms with van der Waals surface area (Å²) in [4.78, 5) is 35.7. The van der Waals surface area contributed by atoms with E-state index >= 15 is 0 Å². The average molecular weight is 595 g/mol. The fourth-order valence-electron chi connectivity index (χ4n) is 4.57. The van der Waals surface area contributed by atoms with Gasteiger partial charge in [0.2, 0.25) is 0 Å². The second-order valence-corrected chi connectivity index (χ2v) is 12.1. The van der Waals surface area contributed by atoms with E-state index in [1.807, 2.05) is 10.8 Å². The van der Waals surface area contributed by atoms with E-state index in [1.54, 1.807) is 24.3 Å². The Morgan fingerprint density at radius 2 is 1.02 bits per heavy atom. The number of thiazole rings is 2. The number of carbonyl (C=O) groups is 2. The fraction of sp³-hybridized carbons (Fsp3) is 0.235. The van der Waals surface area contributed by atoms with Crippen LogP contribution in [0.3, 0.4) is 0 Å². The second kappa shape index (κ2) is 13.2. The molecule has 0 aliphatic carbocycles. The lowest BCUT2D eigenvalue weighted by Gasteiger charge is -2.09. The summed E-state index contributed by atoms with van der Waals surface area (Å²) in [7, 11) is 0. The Kier molecular flexibility index (Phi) is 9.25. The van der Waals surface area contributed by atoms with Crippen LogP contribution in [-0.4, -0.2) is 21.8 Å². The number of carbonyl (C=O) groups excluding carboxylic acids is 2. The minimum atomic E-state index is -0.394. The molecule has 42 heavy (non-hydrogen) atoms. The molecule has 0 saturated carbocycles. The van der Waals surface area contributed by atoms with Crippen molar-refractivity contribution in [3.05, 3.63) is 106 Å². The molecule has 5 rings (SSSR count). The van der Waals surface area contributed by atoms with E-state index in [1.165, 1.54) is 33.8 Å². The lowest BCUT2D eigenvalue weighted by Crippen LogP contribution is -2.20. The van der Waals surface area contributed by atoms with Crippen molar-refractivity contribution >= 4 is 44.8 Å². The van der Waals surface area contributed by atoms with Crippen molar-refractivity contribution < 1.29 is 9.59 Å². The smallest absolute Gasteiger partial charge is 0.258 e. The molecule has 8 heteroatoms. The maximum atomic E-state index is 13.2. The van der Waals surface area contributed by atoms with Gasteiger partial charge in [0.25, 0.3) is 11.8 Å². The lowest BCUT2D eigenvalue weighted by molar-refractivity contribution is 0.0990. The van der Waals surface area contributed by atoms with Crippen LogP contribution in [-0.2, 0) is 0 Å². The van der Waals surface area contributed by atoms with Crippen LogP contribution in [0.15, 0.2) is 83.6 Å². The van der Waals surface area contributed by atoms with Crippen molar-refractivity contribution in [2.24, 2.45) is 0 Å². The zero-order chi connectivity index (χ0) is 29.6. The van der Waals surface area contributed by atoms with E-state index in [0.29, 0.717) is 22.1 Å². The third kappa shape index (κ3) is 6.66. The normalized spacial score (nSPS) is 12.5. The van der Waals surface area contributed by atoms with Gasteiger partial charge >= 0.3 is 0 Å². The molecule has 2 heterocycles. The Bertz CT molecular complexity index is 1550. The van der Waals surface area contributed by atoms with Gasteiger partial charge in [0, 0.05) is 21.9 Å². The molecule has 0 aliphatic heterocycles. The summed E-state index contributed by atoms with van der Waals surface area (Å²) in [5.41, 5.74) is 6.70. The van der Waals surface area contributed by atoms with E-state index in [-0.39, 0.29) is 11.1 Å². The standard InChI is InChI=1S/C34H34N4O2S2/c1-5-21(3)23-11-15-25(16-12-23)29-19-41-33(35-29)37-31(39)27-9-7-8-10-28(27)32(40)38-34-36-30(20-42-34)26-17-13-24(14-18-26)22(4)6-2/h7-22H,5-6H2,1-4H3,(H,35,37,39)(H,36,38,40). The Labute approximate surface area is 254 Å². The summed E-state index contributed by atoms with van der Waals surface area (Å²) >= 11 is 2.70. The molecule has 2 aromatic heterocycles. The number of aromatic nitrogens is 2. The van der Waals surface area contributed by atoms with Crippen molar-refractivity contribution in [2.45, 2.75) is 52.4 Å². The van der Waals surface area contributed by atoms with Crippen LogP contribution in [0.25, 0.3) is 22.5 Å². The summed E-state index contributed by atoms with van der Waals surface area (Å²) in [5, 5.41) is 10.5. The highest BCUT2D eigenvalue weighted by Gasteiger charge is 2.19. The van der Waals surface area contributed by atoms with E-state index in [9.17, 15) is 9.59 Å². The van der Waals surface area contributed by atoms with Gasteiger partial charge in [-0.1, -0.05) is 88.4 Å². The quantitative estimate of drug-likeness (QED) is 0.169. The van der Waals surface area contributed by atoms with Gasteiger partial charge in [-0.15, -0.1) is 22.7 Å². The molecule has 2 N–H and O–H groups in total. The first-order valence-electron chi connectivity index (χ1n) is 14.2. The summed E-state index contributed by atoms with van der Waals surface area (Å²) in [5.74, 6) is 0.224. The van der Waals surface area contributed by atoms with Gasteiger partial charge in [0.05, 0.1) is 22.5 Å². The van der Waals surface area contributed by atoms with Gasteiger partial charge in [0.1, 0.15) is 0 Å². The average Bonchev–Trinajstić information content (AvgIpc) is 3.70. The molecule has 2 unspecified atom stereocenters. The molecular weight excluding hydrogens is 561 g/mol. The van der Waals surface area contributed by atoms with Crippen molar-refractivity contribution in [2.75, 3.05) is 10.6 Å². The van der Waals surface area contributed by atoms with Gasteiger partial charge in [-0.3, -0.25) is 20.2 Å². The third-order valence-electron chi connectivity index (χ3n) is 7.64. The number of amides is 2. The highest BCUT2D eigenvalue weighted by atomic mass is 32.1. The predicted molar refractivity (Wildman–Crippen MR) is 175 cm³/mol. The van der Waals surface area contributed by atoms with Gasteiger partial charge in [-0.25, -0.2) is 9.97 Å². The van der Waals surface area contributed by atoms with Crippen LogP contribution in [0.5, 0.6) is 0 Å². The first-order chi connectivity index (χ1) is 20.4. The van der Waals surface area contributed by atoms with Crippen molar-refractivity contribution in [1.82, 2.24) is 9.97 Å². The molecule has 5 aromatic rings. The first-order valence-corrected chi connectivity index (χ1v) is 16.0. The second-order valence-electron chi connectivity index (χ2n) is 10.4. The Morgan fingerprint density at radius 3 is 1.38 bits per heavy atom. The molecule has 0 saturated heterocycles. The van der Waals surface area contributed by atoms with Crippen LogP contribution in [0.1, 0.15) is 84.2 Å². The Hall–Kier alpha value is -4.14. The summed E-state index contributed by atoms with van der Waals surface area (Å²) in [6.45, 7) is 8.79. The van der Waals surface area contributed by atoms with Crippen LogP contribution >= 0.6 is 22.7 Å². The molecule has 214 valence electrons. The topological polar surface area (TPSA) is 84.0 Å². The molecule has 2 atom stereocenters. The summed E-state index contributed by atoms with van der Waals surface area (Å²) in [6, 6.07) is 23.5. The van der Waals surface area contributed by atoms with E-state index in [4.69, 9.17) is 0 Å². The summed E-state index contributed by atoms with van der Waals surface area (Å²) < 4.78 is 0. The lowest BCUT2D eigenvalue weighted by atomic mass is 9.97. The number of benzene rings is 3. The molecule has 0 aliphatic rings. The number of rotatable bonds is 10. The van der Waals surface area contributed by atoms with Crippen LogP contribution in [0, 0.1) is 0 Å². The first kappa shape index (κ1) is 29.4. The van der Waals surface area contributed by atoms with E-state index in [0.717, 1.165) is 35.4 Å². The molecule has 2 amide bonds. The molecule has 6 nitrogen and oxygen atoms in total. The molecule has 0 bridgehead atoms. The number of anilines is 2. The molecule has 0 fully saturated rings. The highest BCUT2D eigenvalue weighted by Crippen LogP contribution is 2.29. The number of hydrogen-bond donors (Lipinski definition) is 2. The van der Waals surface area contributed by atoms with Crippen molar-refractivity contribution in [1.29, 1.82) is 0 Å². The van der Waals surface area contributed by atoms with Gasteiger partial charge in [0.15, 0.2) is 10.3 Å². The summed E-state index contributed by atoms with van der Waals surface area (Å²) in [6.07, 6.45) is 2.17. The zero-order valence-corrected chi connectivity index (χ0v) is 25.8. The van der Waals surface area contributed by atoms with E-state index in [2.05, 4.69) is 96.8 Å². The van der Waals surface area contributed by atoms with Gasteiger partial charge < -0.3 is 0 Å². The SMILES string of the molecule is CCC(C)c1ccc(-c2csc(NC(=O)c3ccccc3C(=O)Nc3nc(-c4ccc(C(C)CC)cc4)cs3)n2)cc1. The molecule has 0 spiro atoms. The largest absolute Gasteiger partial charge is 0.298 e. The van der Waals surface area contributed by atoms with Crippen LogP contribution in [0.4, 0.5) is 10.3 Å². The number of nitrogens with zero attached hydrogens (tertiary/aromatic N) is 2. The Balaban J connectivity index is 1.26. The maximum absolute atomic E-state index is 13.2. The maximum Gasteiger partial charge on any atom is 0.258 e. The highest BCUT2D eigenvalue weighted by molar-refractivity contribution is 7.14. The van der Waals surface area contributed by atoms with Crippen LogP contribution in [0.2, 0.25) is 0 Å².